The summed E-state index contributed by atoms with van der Waals surface area (Å²) in [5.74, 6) is 0. The molecule has 1 N–H and O–H groups in total. The lowest BCUT2D eigenvalue weighted by atomic mass is 10.2. The normalized spacial score (nSPS) is 10.5. The van der Waals surface area contributed by atoms with Crippen molar-refractivity contribution in [3.05, 3.63) is 65.0 Å². The number of nitro groups is 1. The van der Waals surface area contributed by atoms with E-state index in [1.54, 1.807) is 18.2 Å². The molecule has 110 valence electrons. The molecule has 2 rings (SSSR count). The minimum Gasteiger partial charge on any atom is -0.380 e. The van der Waals surface area contributed by atoms with Gasteiger partial charge in [-0.15, -0.1) is 0 Å². The van der Waals surface area contributed by atoms with Crippen molar-refractivity contribution in [3.8, 4) is 0 Å². The van der Waals surface area contributed by atoms with Crippen molar-refractivity contribution in [1.82, 2.24) is 0 Å². The number of nitrogens with one attached hydrogen (secondary N) is 1. The van der Waals surface area contributed by atoms with E-state index >= 15 is 0 Å². The van der Waals surface area contributed by atoms with Crippen molar-refractivity contribution in [3.63, 3.8) is 0 Å². The van der Waals surface area contributed by atoms with Crippen LogP contribution < -0.4 is 5.32 Å². The molecule has 0 amide bonds. The molecule has 21 heavy (non-hydrogen) atoms. The Morgan fingerprint density at radius 3 is 2.43 bits per heavy atom. The van der Waals surface area contributed by atoms with Crippen LogP contribution in [0, 0.1) is 10.1 Å². The second kappa shape index (κ2) is 6.96. The minimum atomic E-state index is -0.437. The number of halogens is 4. The van der Waals surface area contributed by atoms with Crippen LogP contribution in [-0.2, 0) is 6.54 Å². The Kier molecular flexibility index (Phi) is 5.48. The summed E-state index contributed by atoms with van der Waals surface area (Å²) in [5.41, 5.74) is 1.60. The van der Waals surface area contributed by atoms with E-state index in [0.29, 0.717) is 26.8 Å². The van der Waals surface area contributed by atoms with Gasteiger partial charge in [-0.3, -0.25) is 10.1 Å². The van der Waals surface area contributed by atoms with Crippen LogP contribution in [0.4, 0.5) is 11.4 Å². The third kappa shape index (κ3) is 3.88. The number of nitro benzene ring substituents is 1. The Bertz CT molecular complexity index is 711. The second-order valence-corrected chi connectivity index (χ2v) is 6.57. The van der Waals surface area contributed by atoms with E-state index in [1.807, 2.05) is 0 Å². The van der Waals surface area contributed by atoms with Crippen molar-refractivity contribution in [1.29, 1.82) is 0 Å². The van der Waals surface area contributed by atoms with E-state index in [-0.39, 0.29) is 5.69 Å². The van der Waals surface area contributed by atoms with E-state index in [9.17, 15) is 10.1 Å². The smallest absolute Gasteiger partial charge is 0.270 e. The zero-order valence-corrected chi connectivity index (χ0v) is 15.1. The largest absolute Gasteiger partial charge is 0.380 e. The molecular weight excluding hydrogens is 447 g/mol. The van der Waals surface area contributed by atoms with Gasteiger partial charge in [0, 0.05) is 27.6 Å². The number of benzene rings is 2. The number of anilines is 1. The van der Waals surface area contributed by atoms with Gasteiger partial charge in [0.05, 0.1) is 20.7 Å². The molecule has 0 saturated heterocycles. The van der Waals surface area contributed by atoms with Gasteiger partial charge in [0.1, 0.15) is 0 Å². The summed E-state index contributed by atoms with van der Waals surface area (Å²) in [6, 6.07) is 8.20. The fourth-order valence-electron chi connectivity index (χ4n) is 1.65. The highest BCUT2D eigenvalue weighted by molar-refractivity contribution is 9.10. The van der Waals surface area contributed by atoms with E-state index in [1.165, 1.54) is 12.1 Å². The summed E-state index contributed by atoms with van der Waals surface area (Å²) >= 11 is 18.8. The fourth-order valence-corrected chi connectivity index (χ4v) is 2.99. The number of nitrogens with zero attached hydrogens (tertiary/aromatic N) is 1. The summed E-state index contributed by atoms with van der Waals surface area (Å²) < 4.78 is 1.37. The van der Waals surface area contributed by atoms with Crippen LogP contribution in [-0.4, -0.2) is 4.92 Å². The van der Waals surface area contributed by atoms with Gasteiger partial charge >= 0.3 is 0 Å². The quantitative estimate of drug-likeness (QED) is 0.348. The first-order valence-electron chi connectivity index (χ1n) is 5.70. The molecule has 0 aliphatic carbocycles. The molecule has 0 fully saturated rings. The maximum absolute atomic E-state index is 10.7. The number of non-ortho nitro benzene ring substituents is 1. The molecule has 0 aromatic heterocycles. The van der Waals surface area contributed by atoms with Crippen LogP contribution in [0.2, 0.25) is 10.0 Å². The first-order chi connectivity index (χ1) is 9.90. The molecule has 0 heterocycles. The van der Waals surface area contributed by atoms with E-state index < -0.39 is 4.92 Å². The summed E-state index contributed by atoms with van der Waals surface area (Å²) in [7, 11) is 0. The van der Waals surface area contributed by atoms with E-state index in [0.717, 1.165) is 10.0 Å². The third-order valence-electron chi connectivity index (χ3n) is 2.75. The average molecular weight is 455 g/mol. The molecule has 0 radical (unpaired) electrons. The van der Waals surface area contributed by atoms with Crippen LogP contribution in [0.5, 0.6) is 0 Å². The van der Waals surface area contributed by atoms with Gasteiger partial charge in [0.2, 0.25) is 0 Å². The molecule has 0 spiro atoms. The molecule has 0 atom stereocenters. The van der Waals surface area contributed by atoms with Gasteiger partial charge in [0.25, 0.3) is 5.69 Å². The Balaban J connectivity index is 2.17. The van der Waals surface area contributed by atoms with Crippen molar-refractivity contribution in [2.24, 2.45) is 0 Å². The average Bonchev–Trinajstić information content (AvgIpc) is 2.45. The number of rotatable bonds is 4. The third-order valence-corrected chi connectivity index (χ3v) is 5.26. The van der Waals surface area contributed by atoms with Crippen LogP contribution in [0.15, 0.2) is 39.3 Å². The van der Waals surface area contributed by atoms with E-state index in [2.05, 4.69) is 37.2 Å². The molecule has 0 unspecified atom stereocenters. The Morgan fingerprint density at radius 1 is 1.10 bits per heavy atom. The lowest BCUT2D eigenvalue weighted by molar-refractivity contribution is -0.384. The first-order valence-corrected chi connectivity index (χ1v) is 8.04. The van der Waals surface area contributed by atoms with Crippen LogP contribution >= 0.6 is 55.1 Å². The zero-order chi connectivity index (χ0) is 15.6. The standard InChI is InChI=1S/C13H8Br2Cl2N2O2/c14-9-3-4-11(13(17)12(9)16)18-6-7-1-2-8(19(20)21)5-10(7)15/h1-5,18H,6H2. The Hall–Kier alpha value is -0.820. The van der Waals surface area contributed by atoms with Crippen molar-refractivity contribution in [2.45, 2.75) is 6.54 Å². The van der Waals surface area contributed by atoms with Crippen molar-refractivity contribution >= 4 is 66.4 Å². The monoisotopic (exact) mass is 452 g/mol. The second-order valence-electron chi connectivity index (χ2n) is 4.11. The maximum atomic E-state index is 10.7. The molecule has 2 aromatic carbocycles. The van der Waals surface area contributed by atoms with Crippen LogP contribution in [0.25, 0.3) is 0 Å². The van der Waals surface area contributed by atoms with Gasteiger partial charge in [-0.1, -0.05) is 39.1 Å². The lowest BCUT2D eigenvalue weighted by Crippen LogP contribution is -2.01. The highest BCUT2D eigenvalue weighted by Gasteiger charge is 2.11. The van der Waals surface area contributed by atoms with Crippen molar-refractivity contribution in [2.75, 3.05) is 5.32 Å². The summed E-state index contributed by atoms with van der Waals surface area (Å²) in [4.78, 5) is 10.3. The molecular formula is C13H8Br2Cl2N2O2. The molecule has 0 aliphatic heterocycles. The predicted octanol–water partition coefficient (Wildman–Crippen LogP) is 6.04. The molecule has 0 bridgehead atoms. The number of hydrogen-bond donors (Lipinski definition) is 1. The minimum absolute atomic E-state index is 0.0374. The highest BCUT2D eigenvalue weighted by atomic mass is 79.9. The molecule has 0 saturated carbocycles. The Labute approximate surface area is 147 Å². The molecule has 4 nitrogen and oxygen atoms in total. The SMILES string of the molecule is O=[N+]([O-])c1ccc(CNc2ccc(Br)c(Cl)c2Cl)c(Br)c1. The maximum Gasteiger partial charge on any atom is 0.270 e. The van der Waals surface area contributed by atoms with Crippen molar-refractivity contribution < 1.29 is 4.92 Å². The van der Waals surface area contributed by atoms with Gasteiger partial charge in [-0.2, -0.15) is 0 Å². The topological polar surface area (TPSA) is 55.2 Å². The summed E-state index contributed by atoms with van der Waals surface area (Å²) in [6.45, 7) is 0.455. The molecule has 8 heteroatoms. The van der Waals surface area contributed by atoms with Gasteiger partial charge in [0.15, 0.2) is 0 Å². The van der Waals surface area contributed by atoms with Crippen LogP contribution in [0.1, 0.15) is 5.56 Å². The van der Waals surface area contributed by atoms with Crippen LogP contribution in [0.3, 0.4) is 0 Å². The summed E-state index contributed by atoms with van der Waals surface area (Å²) in [5, 5.41) is 14.7. The summed E-state index contributed by atoms with van der Waals surface area (Å²) in [6.07, 6.45) is 0. The lowest BCUT2D eigenvalue weighted by Gasteiger charge is -2.11. The first kappa shape index (κ1) is 16.5. The zero-order valence-electron chi connectivity index (χ0n) is 10.4. The Morgan fingerprint density at radius 2 is 1.81 bits per heavy atom. The number of hydrogen-bond acceptors (Lipinski definition) is 3. The predicted molar refractivity (Wildman–Crippen MR) is 92.3 cm³/mol. The van der Waals surface area contributed by atoms with Gasteiger partial charge in [-0.25, -0.2) is 0 Å². The molecule has 2 aromatic rings. The van der Waals surface area contributed by atoms with Gasteiger partial charge in [-0.05, 0) is 39.7 Å². The van der Waals surface area contributed by atoms with Gasteiger partial charge < -0.3 is 5.32 Å². The highest BCUT2D eigenvalue weighted by Crippen LogP contribution is 2.36. The molecule has 0 aliphatic rings. The fraction of sp³-hybridized carbons (Fsp3) is 0.0769. The van der Waals surface area contributed by atoms with E-state index in [4.69, 9.17) is 23.2 Å².